The maximum absolute atomic E-state index is 12.1. The molecule has 1 aliphatic heterocycles. The lowest BCUT2D eigenvalue weighted by Crippen LogP contribution is -2.33. The molecule has 23 heavy (non-hydrogen) atoms. The van der Waals surface area contributed by atoms with Crippen molar-refractivity contribution in [2.45, 2.75) is 32.6 Å². The summed E-state index contributed by atoms with van der Waals surface area (Å²) in [6, 6.07) is 5.85. The highest BCUT2D eigenvalue weighted by Gasteiger charge is 2.36. The Morgan fingerprint density at radius 3 is 2.78 bits per heavy atom. The number of hydrogen-bond acceptors (Lipinski definition) is 3. The maximum Gasteiger partial charge on any atom is 0.238 e. The Morgan fingerprint density at radius 1 is 1.30 bits per heavy atom. The number of hydrogen-bond donors (Lipinski definition) is 2. The fourth-order valence-corrected chi connectivity index (χ4v) is 3.48. The molecule has 0 spiro atoms. The van der Waals surface area contributed by atoms with Gasteiger partial charge in [0.25, 0.3) is 0 Å². The molecule has 2 N–H and O–H groups in total. The monoisotopic (exact) mass is 379 g/mol. The van der Waals surface area contributed by atoms with Gasteiger partial charge in [-0.3, -0.25) is 20.4 Å². The molecule has 0 aromatic heterocycles. The molecule has 1 aliphatic carbocycles. The topological polar surface area (TPSA) is 61.4 Å². The van der Waals surface area contributed by atoms with Crippen LogP contribution in [0.1, 0.15) is 31.2 Å². The first-order valence-electron chi connectivity index (χ1n) is 8.12. The van der Waals surface area contributed by atoms with Crippen molar-refractivity contribution in [2.24, 2.45) is 11.8 Å². The number of carbonyl (C=O) groups excluding carboxylic acids is 2. The van der Waals surface area contributed by atoms with Gasteiger partial charge < -0.3 is 4.90 Å². The van der Waals surface area contributed by atoms with Gasteiger partial charge in [-0.1, -0.05) is 15.9 Å². The molecule has 2 aliphatic rings. The van der Waals surface area contributed by atoms with Gasteiger partial charge in [0.1, 0.15) is 0 Å². The van der Waals surface area contributed by atoms with E-state index in [1.807, 2.05) is 30.0 Å². The molecular weight excluding hydrogens is 358 g/mol. The van der Waals surface area contributed by atoms with Gasteiger partial charge in [-0.2, -0.15) is 0 Å². The zero-order valence-corrected chi connectivity index (χ0v) is 14.9. The Balaban J connectivity index is 1.43. The van der Waals surface area contributed by atoms with Crippen molar-refractivity contribution in [2.75, 3.05) is 18.5 Å². The van der Waals surface area contributed by atoms with E-state index in [2.05, 4.69) is 26.8 Å². The van der Waals surface area contributed by atoms with E-state index in [-0.39, 0.29) is 23.7 Å². The van der Waals surface area contributed by atoms with Crippen LogP contribution >= 0.6 is 15.9 Å². The van der Waals surface area contributed by atoms with Crippen LogP contribution in [0.3, 0.4) is 0 Å². The Kier molecular flexibility index (Phi) is 4.90. The van der Waals surface area contributed by atoms with Crippen LogP contribution in [0.2, 0.25) is 0 Å². The van der Waals surface area contributed by atoms with E-state index in [0.717, 1.165) is 48.1 Å². The quantitative estimate of drug-likeness (QED) is 0.773. The third-order valence-electron chi connectivity index (χ3n) is 4.52. The van der Waals surface area contributed by atoms with Gasteiger partial charge >= 0.3 is 0 Å². The standard InChI is InChI=1S/C17H22BrN3O2/c1-11-8-14(18)4-5-15(11)19-20-16(22)9-12-6-7-21(10-12)17(23)13-2-3-13/h4-5,8,12-13,19H,2-3,6-7,9-10H2,1H3,(H,20,22)/t12-/m0/s1. The normalized spacial score (nSPS) is 20.4. The van der Waals surface area contributed by atoms with E-state index in [4.69, 9.17) is 0 Å². The summed E-state index contributed by atoms with van der Waals surface area (Å²) in [5, 5.41) is 0. The molecule has 2 fully saturated rings. The fraction of sp³-hybridized carbons (Fsp3) is 0.529. The van der Waals surface area contributed by atoms with Crippen molar-refractivity contribution in [3.05, 3.63) is 28.2 Å². The summed E-state index contributed by atoms with van der Waals surface area (Å²) in [7, 11) is 0. The smallest absolute Gasteiger partial charge is 0.238 e. The molecule has 1 heterocycles. The minimum Gasteiger partial charge on any atom is -0.342 e. The van der Waals surface area contributed by atoms with Gasteiger partial charge in [-0.25, -0.2) is 0 Å². The van der Waals surface area contributed by atoms with Crippen LogP contribution in [0.25, 0.3) is 0 Å². The highest BCUT2D eigenvalue weighted by atomic mass is 79.9. The Morgan fingerprint density at radius 2 is 2.09 bits per heavy atom. The van der Waals surface area contributed by atoms with Crippen LogP contribution in [-0.4, -0.2) is 29.8 Å². The van der Waals surface area contributed by atoms with E-state index in [1.165, 1.54) is 0 Å². The van der Waals surface area contributed by atoms with Crippen LogP contribution in [0.5, 0.6) is 0 Å². The van der Waals surface area contributed by atoms with Crippen molar-refractivity contribution in [1.29, 1.82) is 0 Å². The number of amides is 2. The number of halogens is 1. The zero-order valence-electron chi connectivity index (χ0n) is 13.3. The lowest BCUT2D eigenvalue weighted by atomic mass is 10.1. The lowest BCUT2D eigenvalue weighted by molar-refractivity contribution is -0.132. The number of carbonyl (C=O) groups is 2. The first-order valence-corrected chi connectivity index (χ1v) is 8.92. The average molecular weight is 380 g/mol. The van der Waals surface area contributed by atoms with Gasteiger partial charge in [0, 0.05) is 29.9 Å². The molecule has 0 radical (unpaired) electrons. The number of aryl methyl sites for hydroxylation is 1. The first kappa shape index (κ1) is 16.3. The minimum atomic E-state index is -0.0296. The highest BCUT2D eigenvalue weighted by molar-refractivity contribution is 9.10. The molecular formula is C17H22BrN3O2. The third-order valence-corrected chi connectivity index (χ3v) is 5.02. The van der Waals surface area contributed by atoms with Gasteiger partial charge in [-0.05, 0) is 55.9 Å². The number of likely N-dealkylation sites (tertiary alicyclic amines) is 1. The van der Waals surface area contributed by atoms with Crippen molar-refractivity contribution in [3.63, 3.8) is 0 Å². The molecule has 124 valence electrons. The number of benzene rings is 1. The van der Waals surface area contributed by atoms with Crippen molar-refractivity contribution in [1.82, 2.24) is 10.3 Å². The van der Waals surface area contributed by atoms with E-state index < -0.39 is 0 Å². The average Bonchev–Trinajstić information content (AvgIpc) is 3.26. The predicted octanol–water partition coefficient (Wildman–Crippen LogP) is 2.85. The van der Waals surface area contributed by atoms with Crippen LogP contribution < -0.4 is 10.9 Å². The van der Waals surface area contributed by atoms with Crippen LogP contribution in [0, 0.1) is 18.8 Å². The summed E-state index contributed by atoms with van der Waals surface area (Å²) in [4.78, 5) is 26.0. The molecule has 0 unspecified atom stereocenters. The van der Waals surface area contributed by atoms with E-state index in [9.17, 15) is 9.59 Å². The molecule has 1 aromatic rings. The molecule has 1 saturated heterocycles. The summed E-state index contributed by atoms with van der Waals surface area (Å²) in [6.45, 7) is 3.50. The second-order valence-electron chi connectivity index (χ2n) is 6.55. The van der Waals surface area contributed by atoms with E-state index in [0.29, 0.717) is 6.42 Å². The number of nitrogens with zero attached hydrogens (tertiary/aromatic N) is 1. The lowest BCUT2D eigenvalue weighted by Gasteiger charge is -2.16. The molecule has 1 atom stereocenters. The molecule has 5 nitrogen and oxygen atoms in total. The molecule has 2 amide bonds. The molecule has 1 aromatic carbocycles. The molecule has 6 heteroatoms. The minimum absolute atomic E-state index is 0.0296. The summed E-state index contributed by atoms with van der Waals surface area (Å²) in [5.41, 5.74) is 7.68. The largest absolute Gasteiger partial charge is 0.342 e. The van der Waals surface area contributed by atoms with Gasteiger partial charge in [0.15, 0.2) is 0 Å². The van der Waals surface area contributed by atoms with Crippen molar-refractivity contribution < 1.29 is 9.59 Å². The first-order chi connectivity index (χ1) is 11.0. The highest BCUT2D eigenvalue weighted by Crippen LogP contribution is 2.33. The summed E-state index contributed by atoms with van der Waals surface area (Å²) in [6.07, 6.45) is 3.45. The summed E-state index contributed by atoms with van der Waals surface area (Å²) >= 11 is 3.42. The Bertz CT molecular complexity index is 616. The molecule has 0 bridgehead atoms. The van der Waals surface area contributed by atoms with Gasteiger partial charge in [0.05, 0.1) is 5.69 Å². The Hall–Kier alpha value is -1.56. The number of hydrazine groups is 1. The zero-order chi connectivity index (χ0) is 16.4. The van der Waals surface area contributed by atoms with Crippen LogP contribution in [0.15, 0.2) is 22.7 Å². The van der Waals surface area contributed by atoms with E-state index >= 15 is 0 Å². The molecule has 1 saturated carbocycles. The Labute approximate surface area is 144 Å². The molecule has 3 rings (SSSR count). The number of rotatable bonds is 5. The maximum atomic E-state index is 12.1. The van der Waals surface area contributed by atoms with Gasteiger partial charge in [0.2, 0.25) is 11.8 Å². The summed E-state index contributed by atoms with van der Waals surface area (Å²) in [5.74, 6) is 0.796. The second kappa shape index (κ2) is 6.91. The summed E-state index contributed by atoms with van der Waals surface area (Å²) < 4.78 is 1.01. The van der Waals surface area contributed by atoms with Gasteiger partial charge in [-0.15, -0.1) is 0 Å². The van der Waals surface area contributed by atoms with Crippen LogP contribution in [-0.2, 0) is 9.59 Å². The SMILES string of the molecule is Cc1cc(Br)ccc1NNC(=O)C[C@@H]1CCN(C(=O)C2CC2)C1. The number of nitrogens with one attached hydrogen (secondary N) is 2. The number of anilines is 1. The predicted molar refractivity (Wildman–Crippen MR) is 92.7 cm³/mol. The second-order valence-corrected chi connectivity index (χ2v) is 7.47. The fourth-order valence-electron chi connectivity index (χ4n) is 3.01. The van der Waals surface area contributed by atoms with Crippen molar-refractivity contribution in [3.8, 4) is 0 Å². The van der Waals surface area contributed by atoms with Crippen molar-refractivity contribution >= 4 is 33.4 Å². The van der Waals surface area contributed by atoms with Crippen LogP contribution in [0.4, 0.5) is 5.69 Å². The van der Waals surface area contributed by atoms with E-state index in [1.54, 1.807) is 0 Å². The third kappa shape index (κ3) is 4.25.